The molecule has 3 rings (SSSR count). The molecule has 2 aromatic rings. The first-order valence-corrected chi connectivity index (χ1v) is 8.40. The van der Waals surface area contributed by atoms with Gasteiger partial charge in [0.1, 0.15) is 18.6 Å². The zero-order valence-corrected chi connectivity index (χ0v) is 14.2. The van der Waals surface area contributed by atoms with Crippen LogP contribution >= 0.6 is 0 Å². The number of nitrogens with zero attached hydrogens (tertiary/aromatic N) is 3. The van der Waals surface area contributed by atoms with Gasteiger partial charge < -0.3 is 9.64 Å². The van der Waals surface area contributed by atoms with Crippen molar-refractivity contribution in [2.24, 2.45) is 11.8 Å². The summed E-state index contributed by atoms with van der Waals surface area (Å²) in [4.78, 5) is 22.8. The molecule has 2 unspecified atom stereocenters. The summed E-state index contributed by atoms with van der Waals surface area (Å²) in [6, 6.07) is 11.5. The van der Waals surface area contributed by atoms with Crippen molar-refractivity contribution in [3.8, 4) is 5.88 Å². The number of ether oxygens (including phenoxy) is 1. The highest BCUT2D eigenvalue weighted by Crippen LogP contribution is 2.22. The summed E-state index contributed by atoms with van der Waals surface area (Å²) in [7, 11) is 0. The van der Waals surface area contributed by atoms with Crippen molar-refractivity contribution in [3.63, 3.8) is 0 Å². The van der Waals surface area contributed by atoms with Gasteiger partial charge in [-0.1, -0.05) is 44.2 Å². The Kier molecular flexibility index (Phi) is 5.08. The van der Waals surface area contributed by atoms with E-state index in [1.807, 2.05) is 35.2 Å². The van der Waals surface area contributed by atoms with E-state index in [-0.39, 0.29) is 5.91 Å². The number of carbonyl (C=O) groups is 1. The van der Waals surface area contributed by atoms with Crippen LogP contribution in [0.2, 0.25) is 0 Å². The van der Waals surface area contributed by atoms with Crippen molar-refractivity contribution in [3.05, 3.63) is 54.0 Å². The minimum Gasteiger partial charge on any atom is -0.473 e. The number of carbonyl (C=O) groups excluding carboxylic acids is 1. The fraction of sp³-hybridized carbons (Fsp3) is 0.421. The van der Waals surface area contributed by atoms with Crippen molar-refractivity contribution < 1.29 is 9.53 Å². The van der Waals surface area contributed by atoms with Gasteiger partial charge in [-0.3, -0.25) is 4.79 Å². The zero-order chi connectivity index (χ0) is 16.9. The average molecular weight is 325 g/mol. The highest BCUT2D eigenvalue weighted by atomic mass is 16.5. The number of piperidine rings is 1. The van der Waals surface area contributed by atoms with Crippen molar-refractivity contribution in [2.75, 3.05) is 13.1 Å². The van der Waals surface area contributed by atoms with Gasteiger partial charge in [0.2, 0.25) is 5.88 Å². The first-order chi connectivity index (χ1) is 11.6. The van der Waals surface area contributed by atoms with E-state index in [2.05, 4.69) is 23.8 Å². The van der Waals surface area contributed by atoms with E-state index in [1.54, 1.807) is 6.07 Å². The molecule has 0 bridgehead atoms. The molecule has 0 aliphatic carbocycles. The van der Waals surface area contributed by atoms with Gasteiger partial charge >= 0.3 is 0 Å². The third kappa shape index (κ3) is 4.10. The molecule has 0 spiro atoms. The number of hydrogen-bond acceptors (Lipinski definition) is 4. The maximum absolute atomic E-state index is 12.7. The minimum atomic E-state index is -0.0413. The molecule has 126 valence electrons. The molecule has 2 atom stereocenters. The largest absolute Gasteiger partial charge is 0.473 e. The summed E-state index contributed by atoms with van der Waals surface area (Å²) in [5, 5.41) is 0. The van der Waals surface area contributed by atoms with Gasteiger partial charge in [0.05, 0.1) is 0 Å². The summed E-state index contributed by atoms with van der Waals surface area (Å²) in [6.45, 7) is 6.36. The fourth-order valence-corrected chi connectivity index (χ4v) is 3.26. The normalized spacial score (nSPS) is 20.7. The summed E-state index contributed by atoms with van der Waals surface area (Å²) in [5.74, 6) is 1.43. The Morgan fingerprint density at radius 1 is 1.17 bits per heavy atom. The average Bonchev–Trinajstić information content (AvgIpc) is 2.59. The molecule has 0 radical (unpaired) electrons. The van der Waals surface area contributed by atoms with Crippen molar-refractivity contribution in [1.29, 1.82) is 0 Å². The first kappa shape index (κ1) is 16.4. The topological polar surface area (TPSA) is 55.3 Å². The Morgan fingerprint density at radius 2 is 1.88 bits per heavy atom. The monoisotopic (exact) mass is 325 g/mol. The molecule has 1 aliphatic rings. The van der Waals surface area contributed by atoms with Crippen LogP contribution in [0.4, 0.5) is 0 Å². The molecule has 1 amide bonds. The smallest absolute Gasteiger partial charge is 0.272 e. The Hall–Kier alpha value is -2.43. The number of likely N-dealkylation sites (tertiary alicyclic amines) is 1. The van der Waals surface area contributed by atoms with Crippen LogP contribution in [0.5, 0.6) is 5.88 Å². The number of aromatic nitrogens is 2. The van der Waals surface area contributed by atoms with Crippen LogP contribution in [0, 0.1) is 11.8 Å². The lowest BCUT2D eigenvalue weighted by atomic mass is 9.92. The molecule has 2 heterocycles. The Balaban J connectivity index is 1.67. The second-order valence-electron chi connectivity index (χ2n) is 6.67. The lowest BCUT2D eigenvalue weighted by Crippen LogP contribution is -2.42. The lowest BCUT2D eigenvalue weighted by Gasteiger charge is -2.34. The molecule has 1 aromatic carbocycles. The molecular formula is C19H23N3O2. The first-order valence-electron chi connectivity index (χ1n) is 8.40. The van der Waals surface area contributed by atoms with Gasteiger partial charge in [0.15, 0.2) is 0 Å². The van der Waals surface area contributed by atoms with Crippen LogP contribution in [0.3, 0.4) is 0 Å². The lowest BCUT2D eigenvalue weighted by molar-refractivity contribution is 0.0616. The van der Waals surface area contributed by atoms with Crippen LogP contribution in [-0.4, -0.2) is 33.9 Å². The SMILES string of the molecule is CC1CC(C)CN(C(=O)c2cc(OCc3ccccc3)ncn2)C1. The number of benzene rings is 1. The van der Waals surface area contributed by atoms with Crippen LogP contribution in [0.25, 0.3) is 0 Å². The summed E-state index contributed by atoms with van der Waals surface area (Å²) < 4.78 is 5.69. The van der Waals surface area contributed by atoms with Crippen molar-refractivity contribution in [2.45, 2.75) is 26.9 Å². The molecule has 0 saturated carbocycles. The molecule has 5 heteroatoms. The molecule has 24 heavy (non-hydrogen) atoms. The Labute approximate surface area is 142 Å². The number of amides is 1. The van der Waals surface area contributed by atoms with Gasteiger partial charge in [-0.2, -0.15) is 0 Å². The third-order valence-corrected chi connectivity index (χ3v) is 4.25. The van der Waals surface area contributed by atoms with Crippen molar-refractivity contribution in [1.82, 2.24) is 14.9 Å². The minimum absolute atomic E-state index is 0.0413. The van der Waals surface area contributed by atoms with E-state index < -0.39 is 0 Å². The molecule has 0 N–H and O–H groups in total. The van der Waals surface area contributed by atoms with Gasteiger partial charge in [-0.05, 0) is 23.8 Å². The predicted octanol–water partition coefficient (Wildman–Crippen LogP) is 3.17. The molecular weight excluding hydrogens is 302 g/mol. The molecule has 1 saturated heterocycles. The summed E-state index contributed by atoms with van der Waals surface area (Å²) in [5.41, 5.74) is 1.46. The molecule has 1 fully saturated rings. The number of rotatable bonds is 4. The van der Waals surface area contributed by atoms with Crippen molar-refractivity contribution >= 4 is 5.91 Å². The van der Waals surface area contributed by atoms with E-state index >= 15 is 0 Å². The van der Waals surface area contributed by atoms with Gasteiger partial charge in [0, 0.05) is 19.2 Å². The van der Waals surface area contributed by atoms with Crippen LogP contribution < -0.4 is 4.74 Å². The van der Waals surface area contributed by atoms with E-state index in [9.17, 15) is 4.79 Å². The zero-order valence-electron chi connectivity index (χ0n) is 14.2. The summed E-state index contributed by atoms with van der Waals surface area (Å²) >= 11 is 0. The highest BCUT2D eigenvalue weighted by Gasteiger charge is 2.27. The third-order valence-electron chi connectivity index (χ3n) is 4.25. The second kappa shape index (κ2) is 7.43. The number of hydrogen-bond donors (Lipinski definition) is 0. The van der Waals surface area contributed by atoms with Crippen LogP contribution in [-0.2, 0) is 6.61 Å². The van der Waals surface area contributed by atoms with Crippen LogP contribution in [0.15, 0.2) is 42.7 Å². The van der Waals surface area contributed by atoms with E-state index in [4.69, 9.17) is 4.74 Å². The van der Waals surface area contributed by atoms with Gasteiger partial charge in [0.25, 0.3) is 5.91 Å². The predicted molar refractivity (Wildman–Crippen MR) is 91.7 cm³/mol. The Bertz CT molecular complexity index is 680. The molecule has 1 aromatic heterocycles. The maximum Gasteiger partial charge on any atom is 0.272 e. The maximum atomic E-state index is 12.7. The fourth-order valence-electron chi connectivity index (χ4n) is 3.26. The van der Waals surface area contributed by atoms with Crippen LogP contribution in [0.1, 0.15) is 36.3 Å². The summed E-state index contributed by atoms with van der Waals surface area (Å²) in [6.07, 6.45) is 2.56. The molecule has 1 aliphatic heterocycles. The highest BCUT2D eigenvalue weighted by molar-refractivity contribution is 5.92. The second-order valence-corrected chi connectivity index (χ2v) is 6.67. The van der Waals surface area contributed by atoms with E-state index in [0.717, 1.165) is 18.7 Å². The standard InChI is InChI=1S/C19H23N3O2/c1-14-8-15(2)11-22(10-14)19(23)17-9-18(21-13-20-17)24-12-16-6-4-3-5-7-16/h3-7,9,13-15H,8,10-12H2,1-2H3. The Morgan fingerprint density at radius 3 is 2.58 bits per heavy atom. The van der Waals surface area contributed by atoms with Gasteiger partial charge in [-0.25, -0.2) is 9.97 Å². The molecule has 5 nitrogen and oxygen atoms in total. The van der Waals surface area contributed by atoms with E-state index in [0.29, 0.717) is 30.0 Å². The van der Waals surface area contributed by atoms with Gasteiger partial charge in [-0.15, -0.1) is 0 Å². The van der Waals surface area contributed by atoms with E-state index in [1.165, 1.54) is 12.7 Å². The quantitative estimate of drug-likeness (QED) is 0.866.